The lowest BCUT2D eigenvalue weighted by atomic mass is 9.88. The Morgan fingerprint density at radius 1 is 1.00 bits per heavy atom. The molecule has 1 aliphatic rings. The molecule has 1 fully saturated rings. The van der Waals surface area contributed by atoms with Crippen LogP contribution in [0.5, 0.6) is 0 Å². The van der Waals surface area contributed by atoms with Crippen LogP contribution in [-0.4, -0.2) is 55.2 Å². The number of carbonyl (C=O) groups excluding carboxylic acids is 1. The zero-order valence-corrected chi connectivity index (χ0v) is 23.3. The summed E-state index contributed by atoms with van der Waals surface area (Å²) in [5.74, 6) is 0.840. The van der Waals surface area contributed by atoms with E-state index in [-0.39, 0.29) is 11.8 Å². The third kappa shape index (κ3) is 6.86. The largest absolute Gasteiger partial charge is 0.341 e. The standard InChI is InChI=1S/C30H34Cl2N2OS/c1-33(30(35)23-8-4-3-5-9-23)21-25(24-12-13-27(31)28(32)20-24)16-19-34-17-14-22(15-18-34)26-10-6-7-11-29(26)36-2/h3-13,20,22,25H,14-19,21H2,1-2H3. The van der Waals surface area contributed by atoms with Gasteiger partial charge in [-0.15, -0.1) is 11.8 Å². The van der Waals surface area contributed by atoms with Crippen LogP contribution >= 0.6 is 35.0 Å². The van der Waals surface area contributed by atoms with E-state index in [4.69, 9.17) is 23.2 Å². The Morgan fingerprint density at radius 2 is 1.69 bits per heavy atom. The van der Waals surface area contributed by atoms with Crippen LogP contribution in [0, 0.1) is 0 Å². The van der Waals surface area contributed by atoms with Gasteiger partial charge in [-0.05, 0) is 92.5 Å². The zero-order valence-electron chi connectivity index (χ0n) is 21.0. The Balaban J connectivity index is 1.41. The summed E-state index contributed by atoms with van der Waals surface area (Å²) in [6, 6.07) is 24.2. The summed E-state index contributed by atoms with van der Waals surface area (Å²) in [5.41, 5.74) is 3.33. The topological polar surface area (TPSA) is 23.6 Å². The number of halogens is 2. The summed E-state index contributed by atoms with van der Waals surface area (Å²) in [6.07, 6.45) is 5.48. The molecule has 0 spiro atoms. The molecule has 1 heterocycles. The summed E-state index contributed by atoms with van der Waals surface area (Å²) >= 11 is 14.4. The molecular formula is C30H34Cl2N2OS. The minimum atomic E-state index is 0.0361. The average molecular weight is 542 g/mol. The average Bonchev–Trinajstić information content (AvgIpc) is 2.92. The van der Waals surface area contributed by atoms with Crippen molar-refractivity contribution in [2.24, 2.45) is 0 Å². The number of rotatable bonds is 9. The highest BCUT2D eigenvalue weighted by atomic mass is 35.5. The monoisotopic (exact) mass is 540 g/mol. The van der Waals surface area contributed by atoms with E-state index >= 15 is 0 Å². The quantitative estimate of drug-likeness (QED) is 0.258. The first kappa shape index (κ1) is 27.1. The van der Waals surface area contributed by atoms with Crippen LogP contribution in [0.4, 0.5) is 0 Å². The van der Waals surface area contributed by atoms with E-state index in [1.165, 1.54) is 23.3 Å². The van der Waals surface area contributed by atoms with Gasteiger partial charge in [-0.25, -0.2) is 0 Å². The van der Waals surface area contributed by atoms with Crippen molar-refractivity contribution in [3.8, 4) is 0 Å². The van der Waals surface area contributed by atoms with Crippen molar-refractivity contribution in [2.75, 3.05) is 39.5 Å². The highest BCUT2D eigenvalue weighted by molar-refractivity contribution is 7.98. The molecule has 36 heavy (non-hydrogen) atoms. The first-order valence-electron chi connectivity index (χ1n) is 12.6. The molecule has 3 aromatic carbocycles. The van der Waals surface area contributed by atoms with Crippen molar-refractivity contribution in [1.29, 1.82) is 0 Å². The van der Waals surface area contributed by atoms with Gasteiger partial charge < -0.3 is 9.80 Å². The van der Waals surface area contributed by atoms with Gasteiger partial charge in [-0.1, -0.05) is 65.7 Å². The number of likely N-dealkylation sites (tertiary alicyclic amines) is 1. The van der Waals surface area contributed by atoms with E-state index in [1.54, 1.807) is 0 Å². The summed E-state index contributed by atoms with van der Waals surface area (Å²) in [7, 11) is 1.88. The number of benzene rings is 3. The maximum atomic E-state index is 13.0. The molecule has 1 amide bonds. The molecule has 190 valence electrons. The number of likely N-dealkylation sites (N-methyl/N-ethyl adjacent to an activating group) is 1. The maximum absolute atomic E-state index is 13.0. The van der Waals surface area contributed by atoms with Crippen molar-refractivity contribution in [2.45, 2.75) is 36.0 Å². The fourth-order valence-electron chi connectivity index (χ4n) is 5.15. The lowest BCUT2D eigenvalue weighted by Gasteiger charge is -2.34. The van der Waals surface area contributed by atoms with E-state index in [0.29, 0.717) is 28.1 Å². The second kappa shape index (κ2) is 13.0. The van der Waals surface area contributed by atoms with Crippen LogP contribution in [-0.2, 0) is 0 Å². The number of amides is 1. The molecule has 0 bridgehead atoms. The van der Waals surface area contributed by atoms with Crippen LogP contribution in [0.25, 0.3) is 0 Å². The molecular weight excluding hydrogens is 507 g/mol. The SMILES string of the molecule is CSc1ccccc1C1CCN(CCC(CN(C)C(=O)c2ccccc2)c2ccc(Cl)c(Cl)c2)CC1. The van der Waals surface area contributed by atoms with Gasteiger partial charge in [0.15, 0.2) is 0 Å². The van der Waals surface area contributed by atoms with E-state index in [0.717, 1.165) is 31.6 Å². The Morgan fingerprint density at radius 3 is 2.39 bits per heavy atom. The lowest BCUT2D eigenvalue weighted by Crippen LogP contribution is -2.36. The Bertz CT molecular complexity index is 1150. The van der Waals surface area contributed by atoms with Crippen molar-refractivity contribution in [3.63, 3.8) is 0 Å². The smallest absolute Gasteiger partial charge is 0.253 e. The second-order valence-corrected chi connectivity index (χ2v) is 11.2. The maximum Gasteiger partial charge on any atom is 0.253 e. The third-order valence-corrected chi connectivity index (χ3v) is 8.79. The minimum Gasteiger partial charge on any atom is -0.341 e. The highest BCUT2D eigenvalue weighted by Gasteiger charge is 2.24. The molecule has 0 N–H and O–H groups in total. The number of carbonyl (C=O) groups is 1. The van der Waals surface area contributed by atoms with Crippen molar-refractivity contribution >= 4 is 40.9 Å². The lowest BCUT2D eigenvalue weighted by molar-refractivity contribution is 0.0781. The molecule has 1 aliphatic heterocycles. The van der Waals surface area contributed by atoms with E-state index in [9.17, 15) is 4.79 Å². The molecule has 3 nitrogen and oxygen atoms in total. The van der Waals surface area contributed by atoms with Crippen molar-refractivity contribution in [3.05, 3.63) is 99.5 Å². The zero-order chi connectivity index (χ0) is 25.5. The van der Waals surface area contributed by atoms with Gasteiger partial charge in [-0.3, -0.25) is 4.79 Å². The Labute approximate surface area is 229 Å². The summed E-state index contributed by atoms with van der Waals surface area (Å²) in [4.78, 5) is 18.8. The first-order chi connectivity index (χ1) is 17.5. The molecule has 3 aromatic rings. The normalized spacial score (nSPS) is 15.6. The van der Waals surface area contributed by atoms with Gasteiger partial charge in [0.25, 0.3) is 5.91 Å². The molecule has 0 saturated carbocycles. The van der Waals surface area contributed by atoms with E-state index in [2.05, 4.69) is 35.4 Å². The fraction of sp³-hybridized carbons (Fsp3) is 0.367. The Kier molecular flexibility index (Phi) is 9.78. The number of hydrogen-bond acceptors (Lipinski definition) is 3. The molecule has 1 saturated heterocycles. The Hall–Kier alpha value is -1.98. The predicted octanol–water partition coefficient (Wildman–Crippen LogP) is 7.84. The fourth-order valence-corrected chi connectivity index (χ4v) is 6.15. The van der Waals surface area contributed by atoms with Crippen LogP contribution < -0.4 is 0 Å². The molecule has 4 rings (SSSR count). The van der Waals surface area contributed by atoms with Crippen molar-refractivity contribution < 1.29 is 4.79 Å². The highest BCUT2D eigenvalue weighted by Crippen LogP contribution is 2.35. The van der Waals surface area contributed by atoms with Crippen LogP contribution in [0.3, 0.4) is 0 Å². The number of piperidine rings is 1. The third-order valence-electron chi connectivity index (χ3n) is 7.24. The number of nitrogens with zero attached hydrogens (tertiary/aromatic N) is 2. The molecule has 0 radical (unpaired) electrons. The van der Waals surface area contributed by atoms with Gasteiger partial charge in [-0.2, -0.15) is 0 Å². The van der Waals surface area contributed by atoms with Gasteiger partial charge in [0.2, 0.25) is 0 Å². The van der Waals surface area contributed by atoms with Gasteiger partial charge >= 0.3 is 0 Å². The second-order valence-electron chi connectivity index (χ2n) is 9.57. The predicted molar refractivity (Wildman–Crippen MR) is 154 cm³/mol. The summed E-state index contributed by atoms with van der Waals surface area (Å²) in [5, 5.41) is 1.12. The van der Waals surface area contributed by atoms with Crippen LogP contribution in [0.1, 0.15) is 52.6 Å². The molecule has 1 unspecified atom stereocenters. The van der Waals surface area contributed by atoms with Crippen LogP contribution in [0.2, 0.25) is 10.0 Å². The molecule has 0 aliphatic carbocycles. The van der Waals surface area contributed by atoms with Gasteiger partial charge in [0.05, 0.1) is 10.0 Å². The van der Waals surface area contributed by atoms with Gasteiger partial charge in [0, 0.05) is 30.0 Å². The van der Waals surface area contributed by atoms with Crippen molar-refractivity contribution in [1.82, 2.24) is 9.80 Å². The molecule has 1 atom stereocenters. The number of thioether (sulfide) groups is 1. The summed E-state index contributed by atoms with van der Waals surface area (Å²) < 4.78 is 0. The first-order valence-corrected chi connectivity index (χ1v) is 14.5. The van der Waals surface area contributed by atoms with E-state index in [1.807, 2.05) is 72.2 Å². The molecule has 6 heteroatoms. The summed E-state index contributed by atoms with van der Waals surface area (Å²) in [6.45, 7) is 3.82. The van der Waals surface area contributed by atoms with Crippen LogP contribution in [0.15, 0.2) is 77.7 Å². The van der Waals surface area contributed by atoms with Gasteiger partial charge in [0.1, 0.15) is 0 Å². The van der Waals surface area contributed by atoms with E-state index < -0.39 is 0 Å². The number of hydrogen-bond donors (Lipinski definition) is 0. The minimum absolute atomic E-state index is 0.0361. The molecule has 0 aromatic heterocycles.